The van der Waals surface area contributed by atoms with E-state index in [1.807, 2.05) is 6.08 Å². The van der Waals surface area contributed by atoms with Gasteiger partial charge in [-0.2, -0.15) is 8.42 Å². The number of hydrogen-bond donors (Lipinski definition) is 3. The van der Waals surface area contributed by atoms with Crippen LogP contribution < -0.4 is 5.32 Å². The molecular formula is C42H81NO5S. The Labute approximate surface area is 304 Å². The van der Waals surface area contributed by atoms with E-state index in [0.717, 1.165) is 38.5 Å². The van der Waals surface area contributed by atoms with Gasteiger partial charge in [0.15, 0.2) is 0 Å². The van der Waals surface area contributed by atoms with E-state index in [0.29, 0.717) is 6.42 Å². The summed E-state index contributed by atoms with van der Waals surface area (Å²) in [7, 11) is -4.35. The normalized spacial score (nSPS) is 13.5. The Balaban J connectivity index is 3.93. The molecule has 7 heteroatoms. The lowest BCUT2D eigenvalue weighted by Gasteiger charge is -2.21. The summed E-state index contributed by atoms with van der Waals surface area (Å²) in [6, 6.07) is -1.07. The summed E-state index contributed by atoms with van der Waals surface area (Å²) in [5.41, 5.74) is 0. The average molecular weight is 712 g/mol. The largest absolute Gasteiger partial charge is 0.387 e. The van der Waals surface area contributed by atoms with Crippen molar-refractivity contribution in [2.75, 3.05) is 5.75 Å². The molecule has 0 aromatic rings. The smallest absolute Gasteiger partial charge is 0.267 e. The van der Waals surface area contributed by atoms with E-state index in [-0.39, 0.29) is 5.91 Å². The fourth-order valence-electron chi connectivity index (χ4n) is 6.47. The Morgan fingerprint density at radius 2 is 0.878 bits per heavy atom. The highest BCUT2D eigenvalue weighted by atomic mass is 32.2. The average Bonchev–Trinajstić information content (AvgIpc) is 3.06. The lowest BCUT2D eigenvalue weighted by Crippen LogP contribution is -2.46. The molecule has 0 aliphatic heterocycles. The van der Waals surface area contributed by atoms with Gasteiger partial charge >= 0.3 is 0 Å². The molecule has 0 aliphatic rings. The van der Waals surface area contributed by atoms with E-state index in [1.165, 1.54) is 167 Å². The number of nitrogens with one attached hydrogen (secondary N) is 1. The van der Waals surface area contributed by atoms with E-state index in [2.05, 4.69) is 31.3 Å². The quantitative estimate of drug-likeness (QED) is 0.0336. The molecule has 2 atom stereocenters. The number of hydrogen-bond acceptors (Lipinski definition) is 4. The van der Waals surface area contributed by atoms with Crippen molar-refractivity contribution in [3.05, 3.63) is 24.3 Å². The van der Waals surface area contributed by atoms with Crippen molar-refractivity contribution in [2.24, 2.45) is 0 Å². The molecular weight excluding hydrogens is 631 g/mol. The van der Waals surface area contributed by atoms with Gasteiger partial charge in [-0.3, -0.25) is 9.35 Å². The van der Waals surface area contributed by atoms with Gasteiger partial charge in [-0.1, -0.05) is 205 Å². The first-order valence-corrected chi connectivity index (χ1v) is 22.6. The van der Waals surface area contributed by atoms with Gasteiger partial charge in [-0.25, -0.2) is 0 Å². The molecule has 0 aromatic carbocycles. The summed E-state index contributed by atoms with van der Waals surface area (Å²) in [4.78, 5) is 12.5. The molecule has 0 rings (SSSR count). The molecule has 0 spiro atoms. The number of aliphatic hydroxyl groups is 1. The van der Waals surface area contributed by atoms with E-state index in [4.69, 9.17) is 0 Å². The van der Waals surface area contributed by atoms with E-state index < -0.39 is 28.0 Å². The molecule has 6 nitrogen and oxygen atoms in total. The first-order chi connectivity index (χ1) is 23.8. The van der Waals surface area contributed by atoms with Crippen molar-refractivity contribution >= 4 is 16.0 Å². The fraction of sp³-hybridized carbons (Fsp3) is 0.881. The molecule has 3 N–H and O–H groups in total. The van der Waals surface area contributed by atoms with Crippen LogP contribution in [-0.4, -0.2) is 41.9 Å². The van der Waals surface area contributed by atoms with Crippen LogP contribution >= 0.6 is 0 Å². The lowest BCUT2D eigenvalue weighted by atomic mass is 10.0. The third-order valence-corrected chi connectivity index (χ3v) is 10.4. The van der Waals surface area contributed by atoms with Gasteiger partial charge in [-0.05, 0) is 32.1 Å². The van der Waals surface area contributed by atoms with Crippen LogP contribution in [0, 0.1) is 0 Å². The van der Waals surface area contributed by atoms with Crippen LogP contribution in [0.2, 0.25) is 0 Å². The zero-order chi connectivity index (χ0) is 36.1. The van der Waals surface area contributed by atoms with Crippen molar-refractivity contribution in [2.45, 2.75) is 231 Å². The molecule has 0 heterocycles. The molecule has 49 heavy (non-hydrogen) atoms. The maximum Gasteiger partial charge on any atom is 0.267 e. The summed E-state index contributed by atoms with van der Waals surface area (Å²) in [5.74, 6) is -0.992. The Morgan fingerprint density at radius 1 is 0.531 bits per heavy atom. The highest BCUT2D eigenvalue weighted by molar-refractivity contribution is 7.85. The maximum atomic E-state index is 12.5. The molecule has 2 unspecified atom stereocenters. The minimum Gasteiger partial charge on any atom is -0.387 e. The maximum absolute atomic E-state index is 12.5. The molecule has 290 valence electrons. The lowest BCUT2D eigenvalue weighted by molar-refractivity contribution is -0.122. The standard InChI is InChI=1S/C42H81NO5S/c1-3-5-7-9-11-13-15-17-19-20-21-22-23-24-25-27-29-31-33-35-37-41(44)40(39-49(46,47)48)43-42(45)38-36-34-32-30-28-26-18-16-14-12-10-8-6-4-2/h27,29,35,37,40-41,44H,3-26,28,30-34,36,38-39H2,1-2H3,(H,43,45)(H,46,47,48)/b29-27+,37-35+. The summed E-state index contributed by atoms with van der Waals surface area (Å²) in [6.07, 6.45) is 46.0. The highest BCUT2D eigenvalue weighted by Crippen LogP contribution is 2.15. The van der Waals surface area contributed by atoms with Crippen LogP contribution in [0.5, 0.6) is 0 Å². The zero-order valence-corrected chi connectivity index (χ0v) is 33.1. The second-order valence-corrected chi connectivity index (χ2v) is 16.1. The van der Waals surface area contributed by atoms with Crippen molar-refractivity contribution in [3.63, 3.8) is 0 Å². The zero-order valence-electron chi connectivity index (χ0n) is 32.3. The molecule has 0 aliphatic carbocycles. The predicted molar refractivity (Wildman–Crippen MR) is 212 cm³/mol. The number of allylic oxidation sites excluding steroid dienone is 3. The van der Waals surface area contributed by atoms with Gasteiger partial charge in [-0.15, -0.1) is 0 Å². The van der Waals surface area contributed by atoms with Crippen LogP contribution in [0.3, 0.4) is 0 Å². The Kier molecular flexibility index (Phi) is 35.7. The van der Waals surface area contributed by atoms with Crippen molar-refractivity contribution in [1.29, 1.82) is 0 Å². The molecule has 0 fully saturated rings. The molecule has 1 amide bonds. The van der Waals surface area contributed by atoms with Crippen LogP contribution in [0.4, 0.5) is 0 Å². The van der Waals surface area contributed by atoms with Crippen LogP contribution in [0.25, 0.3) is 0 Å². The Morgan fingerprint density at radius 3 is 1.29 bits per heavy atom. The number of unbranched alkanes of at least 4 members (excludes halogenated alkanes) is 28. The summed E-state index contributed by atoms with van der Waals surface area (Å²) < 4.78 is 32.5. The number of rotatable bonds is 38. The topological polar surface area (TPSA) is 104 Å². The summed E-state index contributed by atoms with van der Waals surface area (Å²) >= 11 is 0. The first kappa shape index (κ1) is 47.8. The molecule has 0 saturated carbocycles. The molecule has 0 aromatic heterocycles. The second kappa shape index (κ2) is 36.6. The van der Waals surface area contributed by atoms with Gasteiger partial charge in [0.25, 0.3) is 10.1 Å². The number of carbonyl (C=O) groups excluding carboxylic acids is 1. The van der Waals surface area contributed by atoms with E-state index in [1.54, 1.807) is 0 Å². The predicted octanol–water partition coefficient (Wildman–Crippen LogP) is 12.4. The monoisotopic (exact) mass is 712 g/mol. The Bertz CT molecular complexity index is 872. The molecule has 0 radical (unpaired) electrons. The van der Waals surface area contributed by atoms with Gasteiger partial charge < -0.3 is 10.4 Å². The van der Waals surface area contributed by atoms with Crippen LogP contribution in [0.15, 0.2) is 24.3 Å². The third kappa shape index (κ3) is 37.9. The highest BCUT2D eigenvalue weighted by Gasteiger charge is 2.24. The molecule has 0 bridgehead atoms. The SMILES string of the molecule is CCCCCCCCCCCCCCCC/C=C/CC/C=C/C(O)C(CS(=O)(=O)O)NC(=O)CCCCCCCCCCCCCCCC. The van der Waals surface area contributed by atoms with E-state index >= 15 is 0 Å². The summed E-state index contributed by atoms with van der Waals surface area (Å²) in [5, 5.41) is 13.2. The van der Waals surface area contributed by atoms with Crippen molar-refractivity contribution in [3.8, 4) is 0 Å². The first-order valence-electron chi connectivity index (χ1n) is 21.0. The number of aliphatic hydroxyl groups excluding tert-OH is 1. The van der Waals surface area contributed by atoms with Gasteiger partial charge in [0, 0.05) is 6.42 Å². The van der Waals surface area contributed by atoms with E-state index in [9.17, 15) is 22.9 Å². The van der Waals surface area contributed by atoms with Crippen LogP contribution in [-0.2, 0) is 14.9 Å². The minimum absolute atomic E-state index is 0.286. The van der Waals surface area contributed by atoms with Gasteiger partial charge in [0.2, 0.25) is 5.91 Å². The third-order valence-electron chi connectivity index (χ3n) is 9.63. The number of amides is 1. The number of carbonyl (C=O) groups is 1. The van der Waals surface area contributed by atoms with Gasteiger partial charge in [0.1, 0.15) is 0 Å². The van der Waals surface area contributed by atoms with Gasteiger partial charge in [0.05, 0.1) is 17.9 Å². The minimum atomic E-state index is -4.35. The second-order valence-electron chi connectivity index (χ2n) is 14.6. The Hall–Kier alpha value is -1.18. The van der Waals surface area contributed by atoms with Crippen molar-refractivity contribution < 1.29 is 22.9 Å². The van der Waals surface area contributed by atoms with Crippen molar-refractivity contribution in [1.82, 2.24) is 5.32 Å². The fourth-order valence-corrected chi connectivity index (χ4v) is 7.20. The van der Waals surface area contributed by atoms with Crippen LogP contribution in [0.1, 0.15) is 219 Å². The molecule has 0 saturated heterocycles. The summed E-state index contributed by atoms with van der Waals surface area (Å²) in [6.45, 7) is 4.53.